The van der Waals surface area contributed by atoms with Gasteiger partial charge in [-0.1, -0.05) is 13.8 Å². The molecule has 3 heteroatoms. The van der Waals surface area contributed by atoms with Crippen LogP contribution in [0.3, 0.4) is 0 Å². The third kappa shape index (κ3) is 3.26. The van der Waals surface area contributed by atoms with Crippen molar-refractivity contribution in [1.82, 2.24) is 4.98 Å². The minimum atomic E-state index is 0.229. The first kappa shape index (κ1) is 13.9. The fourth-order valence-corrected chi connectivity index (χ4v) is 3.17. The van der Waals surface area contributed by atoms with Crippen molar-refractivity contribution in [2.24, 2.45) is 11.8 Å². The Morgan fingerprint density at radius 3 is 2.42 bits per heavy atom. The third-order valence-electron chi connectivity index (χ3n) is 3.83. The topological polar surface area (TPSA) is 45.9 Å². The van der Waals surface area contributed by atoms with Crippen molar-refractivity contribution in [1.29, 1.82) is 5.26 Å². The zero-order chi connectivity index (χ0) is 14.0. The Balaban J connectivity index is 2.21. The van der Waals surface area contributed by atoms with Gasteiger partial charge in [0.25, 0.3) is 0 Å². The molecule has 0 spiro atoms. The first-order valence-corrected chi connectivity index (χ1v) is 7.04. The normalized spacial score (nSPS) is 26.8. The van der Waals surface area contributed by atoms with Gasteiger partial charge in [0.1, 0.15) is 17.4 Å². The van der Waals surface area contributed by atoms with Gasteiger partial charge in [0, 0.05) is 11.8 Å². The van der Waals surface area contributed by atoms with E-state index in [-0.39, 0.29) is 6.10 Å². The number of pyridine rings is 1. The molecule has 2 atom stereocenters. The smallest absolute Gasteiger partial charge is 0.141 e. The van der Waals surface area contributed by atoms with E-state index in [2.05, 4.69) is 24.9 Å². The number of nitrogens with zero attached hydrogens (tertiary/aromatic N) is 2. The molecule has 1 fully saturated rings. The van der Waals surface area contributed by atoms with Gasteiger partial charge >= 0.3 is 0 Å². The van der Waals surface area contributed by atoms with E-state index in [9.17, 15) is 5.26 Å². The summed E-state index contributed by atoms with van der Waals surface area (Å²) in [6.07, 6.45) is 3.66. The van der Waals surface area contributed by atoms with Crippen LogP contribution in [0, 0.1) is 37.0 Å². The van der Waals surface area contributed by atoms with Crippen molar-refractivity contribution >= 4 is 0 Å². The van der Waals surface area contributed by atoms with Gasteiger partial charge in [-0.2, -0.15) is 5.26 Å². The lowest BCUT2D eigenvalue weighted by molar-refractivity contribution is 0.101. The van der Waals surface area contributed by atoms with Gasteiger partial charge in [0.15, 0.2) is 0 Å². The van der Waals surface area contributed by atoms with Crippen LogP contribution >= 0.6 is 0 Å². The van der Waals surface area contributed by atoms with Crippen LogP contribution in [0.4, 0.5) is 0 Å². The monoisotopic (exact) mass is 258 g/mol. The van der Waals surface area contributed by atoms with E-state index in [1.807, 2.05) is 19.9 Å². The zero-order valence-electron chi connectivity index (χ0n) is 12.2. The minimum Gasteiger partial charge on any atom is -0.489 e. The van der Waals surface area contributed by atoms with Crippen molar-refractivity contribution in [2.75, 3.05) is 0 Å². The van der Waals surface area contributed by atoms with E-state index in [0.717, 1.165) is 24.2 Å². The van der Waals surface area contributed by atoms with Gasteiger partial charge in [-0.3, -0.25) is 4.98 Å². The third-order valence-corrected chi connectivity index (χ3v) is 3.83. The molecule has 0 aromatic carbocycles. The van der Waals surface area contributed by atoms with Gasteiger partial charge in [0.2, 0.25) is 0 Å². The van der Waals surface area contributed by atoms with E-state index in [1.54, 1.807) is 0 Å². The Morgan fingerprint density at radius 1 is 1.21 bits per heavy atom. The second kappa shape index (κ2) is 5.61. The summed E-state index contributed by atoms with van der Waals surface area (Å²) < 4.78 is 6.12. The molecule has 1 aliphatic carbocycles. The van der Waals surface area contributed by atoms with E-state index < -0.39 is 0 Å². The molecule has 2 rings (SSSR count). The fraction of sp³-hybridized carbons (Fsp3) is 0.625. The van der Waals surface area contributed by atoms with Gasteiger partial charge in [-0.25, -0.2) is 0 Å². The van der Waals surface area contributed by atoms with Crippen LogP contribution in [0.2, 0.25) is 0 Å². The molecule has 19 heavy (non-hydrogen) atoms. The second-order valence-corrected chi connectivity index (χ2v) is 5.99. The number of hydrogen-bond donors (Lipinski definition) is 0. The summed E-state index contributed by atoms with van der Waals surface area (Å²) in [4.78, 5) is 4.33. The predicted octanol–water partition coefficient (Wildman–Crippen LogP) is 3.77. The SMILES string of the molecule is Cc1cc(OC2CC(C)CC(C)C2)c(C#N)c(C)n1. The minimum absolute atomic E-state index is 0.229. The molecule has 1 aromatic rings. The fourth-order valence-electron chi connectivity index (χ4n) is 3.17. The van der Waals surface area contributed by atoms with Gasteiger partial charge in [-0.05, 0) is 44.9 Å². The number of ether oxygens (including phenoxy) is 1. The van der Waals surface area contributed by atoms with Crippen LogP contribution in [0.15, 0.2) is 6.07 Å². The highest BCUT2D eigenvalue weighted by atomic mass is 16.5. The highest BCUT2D eigenvalue weighted by Crippen LogP contribution is 2.32. The van der Waals surface area contributed by atoms with Gasteiger partial charge in [-0.15, -0.1) is 0 Å². The summed E-state index contributed by atoms with van der Waals surface area (Å²) in [5.74, 6) is 2.10. The molecule has 1 heterocycles. The Morgan fingerprint density at radius 2 is 1.84 bits per heavy atom. The molecular formula is C16H22N2O. The number of hydrogen-bond acceptors (Lipinski definition) is 3. The van der Waals surface area contributed by atoms with Crippen molar-refractivity contribution in [2.45, 2.75) is 53.1 Å². The molecule has 3 nitrogen and oxygen atoms in total. The molecule has 2 unspecified atom stereocenters. The van der Waals surface area contributed by atoms with Crippen molar-refractivity contribution in [3.05, 3.63) is 23.0 Å². The first-order valence-electron chi connectivity index (χ1n) is 7.04. The van der Waals surface area contributed by atoms with Crippen LogP contribution < -0.4 is 4.74 Å². The Bertz CT molecular complexity index is 494. The molecule has 1 aromatic heterocycles. The molecule has 0 N–H and O–H groups in total. The number of nitriles is 1. The van der Waals surface area contributed by atoms with Crippen LogP contribution in [-0.2, 0) is 0 Å². The summed E-state index contributed by atoms with van der Waals surface area (Å²) in [7, 11) is 0. The summed E-state index contributed by atoms with van der Waals surface area (Å²) in [6, 6.07) is 4.10. The molecule has 1 saturated carbocycles. The van der Waals surface area contributed by atoms with E-state index >= 15 is 0 Å². The molecule has 0 amide bonds. The molecule has 102 valence electrons. The molecule has 1 aliphatic rings. The van der Waals surface area contributed by atoms with Crippen LogP contribution in [0.25, 0.3) is 0 Å². The molecule has 0 aliphatic heterocycles. The lowest BCUT2D eigenvalue weighted by atomic mass is 9.82. The van der Waals surface area contributed by atoms with Gasteiger partial charge < -0.3 is 4.74 Å². The molecule has 0 bridgehead atoms. The van der Waals surface area contributed by atoms with E-state index in [4.69, 9.17) is 4.74 Å². The van der Waals surface area contributed by atoms with E-state index in [0.29, 0.717) is 23.1 Å². The summed E-state index contributed by atoms with van der Waals surface area (Å²) in [6.45, 7) is 8.36. The maximum atomic E-state index is 9.25. The second-order valence-electron chi connectivity index (χ2n) is 5.99. The zero-order valence-corrected chi connectivity index (χ0v) is 12.2. The first-order chi connectivity index (χ1) is 8.99. The van der Waals surface area contributed by atoms with Crippen LogP contribution in [-0.4, -0.2) is 11.1 Å². The standard InChI is InChI=1S/C16H22N2O/c1-10-5-11(2)7-14(6-10)19-16-8-12(3)18-13(4)15(16)9-17/h8,10-11,14H,5-7H2,1-4H3. The Labute approximate surface area is 115 Å². The molecule has 0 saturated heterocycles. The van der Waals surface area contributed by atoms with Crippen molar-refractivity contribution in [3.8, 4) is 11.8 Å². The van der Waals surface area contributed by atoms with Gasteiger partial charge in [0.05, 0.1) is 11.8 Å². The highest BCUT2D eigenvalue weighted by molar-refractivity contribution is 5.46. The number of aryl methyl sites for hydroxylation is 2. The Kier molecular flexibility index (Phi) is 4.09. The average Bonchev–Trinajstić information content (AvgIpc) is 2.26. The maximum absolute atomic E-state index is 9.25. The quantitative estimate of drug-likeness (QED) is 0.811. The average molecular weight is 258 g/mol. The molecule has 0 radical (unpaired) electrons. The lowest BCUT2D eigenvalue weighted by Crippen LogP contribution is -2.28. The van der Waals surface area contributed by atoms with Crippen LogP contribution in [0.1, 0.15) is 50.1 Å². The highest BCUT2D eigenvalue weighted by Gasteiger charge is 2.26. The molecular weight excluding hydrogens is 236 g/mol. The van der Waals surface area contributed by atoms with E-state index in [1.165, 1.54) is 6.42 Å². The summed E-state index contributed by atoms with van der Waals surface area (Å²) >= 11 is 0. The van der Waals surface area contributed by atoms with Crippen molar-refractivity contribution in [3.63, 3.8) is 0 Å². The maximum Gasteiger partial charge on any atom is 0.141 e. The van der Waals surface area contributed by atoms with Crippen molar-refractivity contribution < 1.29 is 4.74 Å². The lowest BCUT2D eigenvalue weighted by Gasteiger charge is -2.32. The van der Waals surface area contributed by atoms with Crippen LogP contribution in [0.5, 0.6) is 5.75 Å². The largest absolute Gasteiger partial charge is 0.489 e. The number of rotatable bonds is 2. The predicted molar refractivity (Wildman–Crippen MR) is 75.0 cm³/mol. The Hall–Kier alpha value is -1.56. The summed E-state index contributed by atoms with van der Waals surface area (Å²) in [5, 5.41) is 9.25. The number of aromatic nitrogens is 1. The summed E-state index contributed by atoms with van der Waals surface area (Å²) in [5.41, 5.74) is 2.24.